The summed E-state index contributed by atoms with van der Waals surface area (Å²) >= 11 is 0. The Bertz CT molecular complexity index is 4970. The summed E-state index contributed by atoms with van der Waals surface area (Å²) in [6, 6.07) is 18.3. The maximum Gasteiger partial charge on any atom is 0.417 e. The predicted molar refractivity (Wildman–Crippen MR) is 317 cm³/mol. The third-order valence-corrected chi connectivity index (χ3v) is 16.8. The third-order valence-electron chi connectivity index (χ3n) is 16.8. The van der Waals surface area contributed by atoms with Crippen LogP contribution in [0.2, 0.25) is 0 Å². The Labute approximate surface area is 552 Å². The van der Waals surface area contributed by atoms with E-state index in [1.165, 1.54) is 0 Å². The van der Waals surface area contributed by atoms with E-state index in [-0.39, 0.29) is 70.1 Å². The summed E-state index contributed by atoms with van der Waals surface area (Å²) in [6.07, 6.45) is -50.1. The van der Waals surface area contributed by atoms with E-state index < -0.39 is 206 Å². The number of hydrogen-bond donors (Lipinski definition) is 0. The van der Waals surface area contributed by atoms with E-state index in [0.717, 1.165) is 88.0 Å². The quantitative estimate of drug-likeness (QED) is 0.149. The molecule has 4 nitrogen and oxygen atoms in total. The van der Waals surface area contributed by atoms with Gasteiger partial charge >= 0.3 is 55.6 Å². The first-order chi connectivity index (χ1) is 47.2. The molecule has 0 aliphatic heterocycles. The molecule has 10 aromatic carbocycles. The molecule has 0 radical (unpaired) electrons. The van der Waals surface area contributed by atoms with Gasteiger partial charge < -0.3 is 9.13 Å². The second-order valence-electron chi connectivity index (χ2n) is 23.0. The Hall–Kier alpha value is -11.1. The van der Waals surface area contributed by atoms with Crippen LogP contribution in [0, 0.1) is 22.7 Å². The first-order valence-corrected chi connectivity index (χ1v) is 28.7. The fourth-order valence-corrected chi connectivity index (χ4v) is 12.5. The number of aromatic nitrogens is 2. The molecule has 0 aliphatic rings. The second-order valence-corrected chi connectivity index (χ2v) is 23.0. The summed E-state index contributed by atoms with van der Waals surface area (Å²) < 4.78 is 401. The lowest BCUT2D eigenvalue weighted by atomic mass is 9.90. The van der Waals surface area contributed by atoms with Crippen molar-refractivity contribution in [2.75, 3.05) is 0 Å². The van der Waals surface area contributed by atoms with Crippen LogP contribution in [-0.4, -0.2) is 9.13 Å². The van der Waals surface area contributed by atoms with Crippen LogP contribution in [0.1, 0.15) is 61.2 Å². The molecule has 2 heterocycles. The molecular formula is C71H29F27N4. The van der Waals surface area contributed by atoms with Gasteiger partial charge in [0.1, 0.15) is 0 Å². The van der Waals surface area contributed by atoms with E-state index in [9.17, 15) is 63.2 Å². The van der Waals surface area contributed by atoms with Gasteiger partial charge in [0.2, 0.25) is 0 Å². The Morgan fingerprint density at radius 1 is 0.245 bits per heavy atom. The molecule has 2 aromatic heterocycles. The summed E-state index contributed by atoms with van der Waals surface area (Å²) in [5, 5.41) is 21.0. The minimum atomic E-state index is -5.70. The summed E-state index contributed by atoms with van der Waals surface area (Å²) in [5.74, 6) is 0. The first kappa shape index (κ1) is 70.7. The van der Waals surface area contributed by atoms with Gasteiger partial charge in [-0.2, -0.15) is 129 Å². The van der Waals surface area contributed by atoms with Crippen LogP contribution in [0.15, 0.2) is 176 Å². The van der Waals surface area contributed by atoms with E-state index in [2.05, 4.69) is 0 Å². The molecule has 0 amide bonds. The molecule has 102 heavy (non-hydrogen) atoms. The lowest BCUT2D eigenvalue weighted by molar-refractivity contribution is -0.144. The molecule has 0 N–H and O–H groups in total. The highest BCUT2D eigenvalue weighted by molar-refractivity contribution is 6.14. The van der Waals surface area contributed by atoms with Gasteiger partial charge in [-0.1, -0.05) is 78.9 Å². The van der Waals surface area contributed by atoms with Crippen molar-refractivity contribution in [3.8, 4) is 79.1 Å². The van der Waals surface area contributed by atoms with Crippen LogP contribution in [-0.2, 0) is 55.6 Å². The monoisotopic (exact) mass is 1450 g/mol. The van der Waals surface area contributed by atoms with Gasteiger partial charge in [0.15, 0.2) is 0 Å². The van der Waals surface area contributed by atoms with E-state index in [4.69, 9.17) is 0 Å². The van der Waals surface area contributed by atoms with Gasteiger partial charge in [-0.25, -0.2) is 0 Å². The molecule has 0 fully saturated rings. The van der Waals surface area contributed by atoms with Gasteiger partial charge in [0.05, 0.1) is 107 Å². The number of fused-ring (bicyclic) bond motifs is 6. The second kappa shape index (κ2) is 23.8. The number of benzene rings is 10. The van der Waals surface area contributed by atoms with Crippen molar-refractivity contribution in [2.24, 2.45) is 0 Å². The molecule has 0 unspecified atom stereocenters. The van der Waals surface area contributed by atoms with Crippen LogP contribution in [0.3, 0.4) is 0 Å². The standard InChI is InChI=1S/C71H29F27N4/c72-63(73,74)38-8-16-42(51(26-38)68(87,88)89)33-4-12-46-47-13-5-34(43-17-9-39(64(75,76)77)27-52(43)69(90,91)92)23-56(47)101(55(46)22-33)59-20-32(30-99)21-60(62(59)61-37(31-100)2-1-3-50(61)67(84,85)86)102-57-24-35(44-18-10-40(65(78,79)80)28-53(44)70(93,94)95)6-14-48(57)49-15-7-36(25-58(49)102)45-19-11-41(66(81,82)83)29-54(45)71(96,97)98/h1-29H. The number of hydrogen-bond acceptors (Lipinski definition) is 2. The summed E-state index contributed by atoms with van der Waals surface area (Å²) in [5.41, 5.74) is -32.7. The minimum absolute atomic E-state index is 0.225. The van der Waals surface area contributed by atoms with Crippen LogP contribution < -0.4 is 0 Å². The molecule has 0 spiro atoms. The van der Waals surface area contributed by atoms with Gasteiger partial charge in [-0.05, 0) is 142 Å². The highest BCUT2D eigenvalue weighted by Gasteiger charge is 2.44. The molecule has 522 valence electrons. The average molecular weight is 1450 g/mol. The summed E-state index contributed by atoms with van der Waals surface area (Å²) in [7, 11) is 0. The van der Waals surface area contributed by atoms with Crippen molar-refractivity contribution in [1.82, 2.24) is 9.13 Å². The van der Waals surface area contributed by atoms with E-state index in [1.807, 2.05) is 0 Å². The number of halogens is 27. The maximum absolute atomic E-state index is 16.2. The van der Waals surface area contributed by atoms with Crippen molar-refractivity contribution in [1.29, 1.82) is 10.5 Å². The topological polar surface area (TPSA) is 57.4 Å². The van der Waals surface area contributed by atoms with Gasteiger partial charge in [-0.15, -0.1) is 0 Å². The van der Waals surface area contributed by atoms with E-state index in [1.54, 1.807) is 12.1 Å². The minimum Gasteiger partial charge on any atom is -0.308 e. The lowest BCUT2D eigenvalue weighted by Gasteiger charge is -2.24. The Balaban J connectivity index is 1.32. The molecule has 0 aliphatic carbocycles. The third kappa shape index (κ3) is 12.7. The predicted octanol–water partition coefficient (Wildman–Crippen LogP) is 25.1. The molecule has 12 rings (SSSR count). The zero-order valence-electron chi connectivity index (χ0n) is 49.7. The van der Waals surface area contributed by atoms with E-state index >= 15 is 65.9 Å². The highest BCUT2D eigenvalue weighted by Crippen LogP contribution is 2.53. The van der Waals surface area contributed by atoms with Crippen molar-refractivity contribution < 1.29 is 119 Å². The van der Waals surface area contributed by atoms with Crippen molar-refractivity contribution in [2.45, 2.75) is 55.6 Å². The van der Waals surface area contributed by atoms with Crippen LogP contribution in [0.25, 0.3) is 111 Å². The van der Waals surface area contributed by atoms with Crippen LogP contribution >= 0.6 is 0 Å². The molecule has 31 heteroatoms. The Morgan fingerprint density at radius 3 is 0.735 bits per heavy atom. The van der Waals surface area contributed by atoms with Gasteiger partial charge in [-0.3, -0.25) is 0 Å². The first-order valence-electron chi connectivity index (χ1n) is 28.7. The molecule has 0 saturated heterocycles. The van der Waals surface area contributed by atoms with Gasteiger partial charge in [0, 0.05) is 32.7 Å². The Morgan fingerprint density at radius 2 is 0.510 bits per heavy atom. The number of nitriles is 2. The van der Waals surface area contributed by atoms with Crippen molar-refractivity contribution >= 4 is 43.6 Å². The average Bonchev–Trinajstić information content (AvgIpc) is 1.52. The maximum atomic E-state index is 16.2. The number of nitrogens with zero attached hydrogens (tertiary/aromatic N) is 4. The lowest BCUT2D eigenvalue weighted by Crippen LogP contribution is -2.13. The Kier molecular flexibility index (Phi) is 16.5. The number of alkyl halides is 27. The summed E-state index contributed by atoms with van der Waals surface area (Å²) in [4.78, 5) is 0. The zero-order chi connectivity index (χ0) is 74.5. The SMILES string of the molecule is N#Cc1cc(-n2c3cc(-c4ccc(C(F)(F)F)cc4C(F)(F)F)ccc3c3ccc(-c4ccc(C(F)(F)F)cc4C(F)(F)F)cc32)c(-c2c(C#N)cccc2C(F)(F)F)c(-n2c3cc(-c4ccc(C(F)(F)F)cc4C(F)(F)F)ccc3c3ccc(-c4ccc(C(F)(F)F)cc4C(F)(F)F)cc32)c1. The van der Waals surface area contributed by atoms with Crippen molar-refractivity contribution in [3.63, 3.8) is 0 Å². The molecule has 12 aromatic rings. The fourth-order valence-electron chi connectivity index (χ4n) is 12.5. The van der Waals surface area contributed by atoms with Crippen LogP contribution in [0.4, 0.5) is 119 Å². The molecular weight excluding hydrogens is 1420 g/mol. The van der Waals surface area contributed by atoms with E-state index in [0.29, 0.717) is 48.5 Å². The number of rotatable bonds is 7. The van der Waals surface area contributed by atoms with Crippen molar-refractivity contribution in [3.05, 3.63) is 237 Å². The van der Waals surface area contributed by atoms with Gasteiger partial charge in [0.25, 0.3) is 0 Å². The highest BCUT2D eigenvalue weighted by atomic mass is 19.4. The zero-order valence-corrected chi connectivity index (χ0v) is 49.7. The molecule has 0 saturated carbocycles. The smallest absolute Gasteiger partial charge is 0.308 e. The molecule has 0 atom stereocenters. The fraction of sp³-hybridized carbons (Fsp3) is 0.127. The molecule has 0 bridgehead atoms. The summed E-state index contributed by atoms with van der Waals surface area (Å²) in [6.45, 7) is 0. The largest absolute Gasteiger partial charge is 0.417 e. The van der Waals surface area contributed by atoms with Crippen LogP contribution in [0.5, 0.6) is 0 Å². The normalized spacial score (nSPS) is 13.2.